The lowest BCUT2D eigenvalue weighted by atomic mass is 9.76. The molecule has 0 atom stereocenters. The van der Waals surface area contributed by atoms with Crippen LogP contribution in [0.25, 0.3) is 0 Å². The highest BCUT2D eigenvalue weighted by Gasteiger charge is 2.22. The predicted octanol–water partition coefficient (Wildman–Crippen LogP) is 10.4. The summed E-state index contributed by atoms with van der Waals surface area (Å²) < 4.78 is 28.4. The number of unbranched alkanes of at least 4 members (excludes halogenated alkanes) is 3. The quantitative estimate of drug-likeness (QED) is 0.207. The fraction of sp³-hybridized carbons (Fsp3) is 0.471. The molecule has 3 aromatic rings. The molecule has 0 amide bonds. The second kappa shape index (κ2) is 14.1. The van der Waals surface area contributed by atoms with Crippen molar-refractivity contribution in [2.75, 3.05) is 0 Å². The van der Waals surface area contributed by atoms with Crippen molar-refractivity contribution in [2.24, 2.45) is 5.92 Å². The predicted molar refractivity (Wildman–Crippen MR) is 153 cm³/mol. The third-order valence-electron chi connectivity index (χ3n) is 8.24. The van der Waals surface area contributed by atoms with E-state index in [1.165, 1.54) is 75.0 Å². The molecule has 0 saturated heterocycles. The molecule has 37 heavy (non-hydrogen) atoms. The molecule has 1 aliphatic rings. The van der Waals surface area contributed by atoms with Gasteiger partial charge in [0.15, 0.2) is 0 Å². The van der Waals surface area contributed by atoms with Gasteiger partial charge in [0.2, 0.25) is 0 Å². The van der Waals surface area contributed by atoms with Crippen molar-refractivity contribution in [1.29, 1.82) is 0 Å². The van der Waals surface area contributed by atoms with E-state index in [1.807, 2.05) is 6.07 Å². The van der Waals surface area contributed by atoms with E-state index in [4.69, 9.17) is 11.6 Å². The molecule has 1 saturated carbocycles. The van der Waals surface area contributed by atoms with Crippen LogP contribution < -0.4 is 0 Å². The maximum atomic E-state index is 14.7. The van der Waals surface area contributed by atoms with Crippen molar-refractivity contribution >= 4 is 11.6 Å². The molecule has 0 bridgehead atoms. The first-order chi connectivity index (χ1) is 18.0. The van der Waals surface area contributed by atoms with Gasteiger partial charge in [0.1, 0.15) is 11.6 Å². The zero-order valence-electron chi connectivity index (χ0n) is 22.3. The van der Waals surface area contributed by atoms with Crippen molar-refractivity contribution in [3.05, 3.63) is 105 Å². The summed E-state index contributed by atoms with van der Waals surface area (Å²) in [5.74, 6) is 0.854. The normalized spacial score (nSPS) is 17.7. The Kier molecular flexibility index (Phi) is 10.6. The lowest BCUT2D eigenvalue weighted by Crippen LogP contribution is -2.14. The van der Waals surface area contributed by atoms with Crippen LogP contribution in [0.15, 0.2) is 60.7 Å². The van der Waals surface area contributed by atoms with Crippen LogP contribution in [0, 0.1) is 17.6 Å². The molecule has 0 unspecified atom stereocenters. The van der Waals surface area contributed by atoms with Gasteiger partial charge in [0.25, 0.3) is 0 Å². The maximum Gasteiger partial charge on any atom is 0.142 e. The van der Waals surface area contributed by atoms with Gasteiger partial charge in [0, 0.05) is 0 Å². The Hall–Kier alpha value is -2.19. The van der Waals surface area contributed by atoms with Crippen molar-refractivity contribution in [3.63, 3.8) is 0 Å². The van der Waals surface area contributed by atoms with E-state index in [0.717, 1.165) is 29.9 Å². The van der Waals surface area contributed by atoms with Gasteiger partial charge in [-0.05, 0) is 122 Å². The van der Waals surface area contributed by atoms with Crippen LogP contribution in [0.2, 0.25) is 5.02 Å². The van der Waals surface area contributed by atoms with Gasteiger partial charge >= 0.3 is 0 Å². The Morgan fingerprint density at radius 1 is 0.676 bits per heavy atom. The van der Waals surface area contributed by atoms with Gasteiger partial charge in [-0.1, -0.05) is 80.3 Å². The van der Waals surface area contributed by atoms with Crippen LogP contribution in [0.5, 0.6) is 0 Å². The molecular weight excluding hydrogens is 482 g/mol. The third-order valence-corrected chi connectivity index (χ3v) is 8.55. The minimum Gasteiger partial charge on any atom is -0.207 e. The fourth-order valence-electron chi connectivity index (χ4n) is 5.79. The highest BCUT2D eigenvalue weighted by atomic mass is 35.5. The lowest BCUT2D eigenvalue weighted by Gasteiger charge is -2.29. The molecule has 3 heteroatoms. The molecule has 1 fully saturated rings. The molecule has 0 nitrogen and oxygen atoms in total. The lowest BCUT2D eigenvalue weighted by molar-refractivity contribution is 0.310. The highest BCUT2D eigenvalue weighted by Crippen LogP contribution is 2.37. The van der Waals surface area contributed by atoms with E-state index in [-0.39, 0.29) is 10.8 Å². The Morgan fingerprint density at radius 3 is 2.05 bits per heavy atom. The minimum atomic E-state index is -0.421. The minimum absolute atomic E-state index is 0.120. The first-order valence-electron chi connectivity index (χ1n) is 14.3. The van der Waals surface area contributed by atoms with E-state index in [0.29, 0.717) is 24.3 Å². The average molecular weight is 523 g/mol. The number of aryl methyl sites for hydroxylation is 4. The zero-order chi connectivity index (χ0) is 26.0. The Bertz CT molecular complexity index is 1110. The van der Waals surface area contributed by atoms with Gasteiger partial charge in [-0.3, -0.25) is 0 Å². The van der Waals surface area contributed by atoms with Crippen LogP contribution in [-0.2, 0) is 25.7 Å². The van der Waals surface area contributed by atoms with Gasteiger partial charge < -0.3 is 0 Å². The molecule has 3 aromatic carbocycles. The Morgan fingerprint density at radius 2 is 1.35 bits per heavy atom. The maximum absolute atomic E-state index is 14.7. The Labute approximate surface area is 227 Å². The van der Waals surface area contributed by atoms with E-state index >= 15 is 0 Å². The number of halogens is 3. The summed E-state index contributed by atoms with van der Waals surface area (Å²) >= 11 is 5.75. The average Bonchev–Trinajstić information content (AvgIpc) is 2.92. The molecule has 198 valence electrons. The zero-order valence-corrected chi connectivity index (χ0v) is 23.0. The van der Waals surface area contributed by atoms with E-state index in [9.17, 15) is 8.78 Å². The van der Waals surface area contributed by atoms with Crippen LogP contribution >= 0.6 is 11.6 Å². The number of rotatable bonds is 12. The topological polar surface area (TPSA) is 0 Å². The van der Waals surface area contributed by atoms with Gasteiger partial charge in [-0.25, -0.2) is 8.78 Å². The van der Waals surface area contributed by atoms with Gasteiger partial charge in [-0.15, -0.1) is 0 Å². The molecule has 4 rings (SSSR count). The second-order valence-electron chi connectivity index (χ2n) is 11.0. The summed E-state index contributed by atoms with van der Waals surface area (Å²) in [4.78, 5) is 0. The fourth-order valence-corrected chi connectivity index (χ4v) is 5.91. The largest absolute Gasteiger partial charge is 0.207 e. The second-order valence-corrected chi connectivity index (χ2v) is 11.4. The Balaban J connectivity index is 1.19. The summed E-state index contributed by atoms with van der Waals surface area (Å²) in [5.41, 5.74) is 5.58. The smallest absolute Gasteiger partial charge is 0.142 e. The SMILES string of the molecule is CCCCCCc1ccc([C@H]2CC[C@H](CCc3ccc(CCc4ccc(Cl)c(F)c4)c(F)c3)CC2)cc1. The van der Waals surface area contributed by atoms with E-state index in [2.05, 4.69) is 37.3 Å². The molecular formula is C34H41ClF2. The monoisotopic (exact) mass is 522 g/mol. The van der Waals surface area contributed by atoms with Crippen molar-refractivity contribution in [1.82, 2.24) is 0 Å². The van der Waals surface area contributed by atoms with Crippen molar-refractivity contribution < 1.29 is 8.78 Å². The number of hydrogen-bond donors (Lipinski definition) is 0. The summed E-state index contributed by atoms with van der Waals surface area (Å²) in [6.45, 7) is 2.26. The highest BCUT2D eigenvalue weighted by molar-refractivity contribution is 6.30. The van der Waals surface area contributed by atoms with E-state index < -0.39 is 5.82 Å². The molecule has 0 N–H and O–H groups in total. The van der Waals surface area contributed by atoms with Gasteiger partial charge in [-0.2, -0.15) is 0 Å². The molecule has 1 aliphatic carbocycles. The molecule has 0 aliphatic heterocycles. The molecule has 0 radical (unpaired) electrons. The number of benzene rings is 3. The first kappa shape index (κ1) is 27.8. The summed E-state index contributed by atoms with van der Waals surface area (Å²) in [6.07, 6.45) is 14.7. The van der Waals surface area contributed by atoms with Crippen LogP contribution in [0.1, 0.15) is 98.4 Å². The summed E-state index contributed by atoms with van der Waals surface area (Å²) in [7, 11) is 0. The van der Waals surface area contributed by atoms with Gasteiger partial charge in [0.05, 0.1) is 5.02 Å². The third kappa shape index (κ3) is 8.40. The first-order valence-corrected chi connectivity index (χ1v) is 14.7. The van der Waals surface area contributed by atoms with E-state index in [1.54, 1.807) is 18.2 Å². The summed E-state index contributed by atoms with van der Waals surface area (Å²) in [5, 5.41) is 0.120. The van der Waals surface area contributed by atoms with Crippen LogP contribution in [-0.4, -0.2) is 0 Å². The van der Waals surface area contributed by atoms with Crippen molar-refractivity contribution in [3.8, 4) is 0 Å². The standard InChI is InChI=1S/C34H41ClF2/c1-2-3-4-5-6-25-9-16-29(17-10-25)30-18-11-26(12-19-30)7-8-27-13-20-31(33(36)23-27)21-14-28-15-22-32(35)34(37)24-28/h9-10,13,15-17,20,22-24,26,30H,2-8,11-12,14,18-19,21H2,1H3/t26-,30-. The number of hydrogen-bond acceptors (Lipinski definition) is 0. The molecule has 0 aromatic heterocycles. The molecule has 0 heterocycles. The van der Waals surface area contributed by atoms with Crippen molar-refractivity contribution in [2.45, 2.75) is 96.3 Å². The van der Waals surface area contributed by atoms with Crippen LogP contribution in [0.4, 0.5) is 8.78 Å². The molecule has 0 spiro atoms. The summed E-state index contributed by atoms with van der Waals surface area (Å²) in [6, 6.07) is 19.9. The van der Waals surface area contributed by atoms with Crippen LogP contribution in [0.3, 0.4) is 0 Å².